The third kappa shape index (κ3) is 29.8. The Balaban J connectivity index is 0.000000697. The van der Waals surface area contributed by atoms with Gasteiger partial charge in [-0.2, -0.15) is 0 Å². The Morgan fingerprint density at radius 2 is 0.480 bits per heavy atom. The number of carbonyl (C=O) groups excluding carboxylic acids is 8. The van der Waals surface area contributed by atoms with Crippen molar-refractivity contribution in [3.63, 3.8) is 0 Å². The third-order valence-corrected chi connectivity index (χ3v) is 12.7. The van der Waals surface area contributed by atoms with E-state index in [-0.39, 0.29) is 60.3 Å². The summed E-state index contributed by atoms with van der Waals surface area (Å²) in [7, 11) is 13.5. The van der Waals surface area contributed by atoms with Crippen LogP contribution in [0.15, 0.2) is 172 Å². The molecule has 0 spiro atoms. The van der Waals surface area contributed by atoms with Gasteiger partial charge in [0.15, 0.2) is 0 Å². The van der Waals surface area contributed by atoms with Crippen molar-refractivity contribution in [3.8, 4) is 0 Å². The summed E-state index contributed by atoms with van der Waals surface area (Å²) in [4.78, 5) is 104. The van der Waals surface area contributed by atoms with Gasteiger partial charge >= 0.3 is 34.1 Å². The second-order valence-electron chi connectivity index (χ2n) is 21.3. The van der Waals surface area contributed by atoms with Crippen LogP contribution in [0.4, 0.5) is 0 Å². The fourth-order valence-electron chi connectivity index (χ4n) is 9.13. The molecule has 0 atom stereocenters. The normalized spacial score (nSPS) is 9.71. The maximum atomic E-state index is 11.0. The number of benzene rings is 6. The first-order valence-corrected chi connectivity index (χ1v) is 28.4. The maximum absolute atomic E-state index is 11.0. The molecule has 6 aromatic carbocycles. The van der Waals surface area contributed by atoms with Gasteiger partial charge in [0.1, 0.15) is 102 Å². The van der Waals surface area contributed by atoms with E-state index in [1.807, 2.05) is 91.6 Å². The molecule has 0 aliphatic rings. The number of aliphatic carboxylic acids is 4. The average molecular weight is 1450 g/mol. The van der Waals surface area contributed by atoms with Crippen LogP contribution in [0.25, 0.3) is 43.1 Å². The van der Waals surface area contributed by atoms with Crippen molar-refractivity contribution < 1.29 is 121 Å². The Hall–Kier alpha value is -11.6. The zero-order chi connectivity index (χ0) is 71.6. The Bertz CT molecular complexity index is 3600. The van der Waals surface area contributed by atoms with Crippen LogP contribution in [-0.4, -0.2) is 154 Å². The molecular weight excluding hydrogens is 1380 g/mol. The van der Waals surface area contributed by atoms with Crippen LogP contribution in [0.2, 0.25) is 0 Å². The van der Waals surface area contributed by atoms with Crippen molar-refractivity contribution in [2.75, 3.05) is 56.4 Å². The largest absolute Gasteiger partial charge is 1.00 e. The number of carboxylic acids is 4. The number of fused-ring (bicyclic) bond motifs is 4. The average Bonchev–Trinajstić information content (AvgIpc) is 1.53. The molecule has 528 valence electrons. The molecule has 32 nitrogen and oxygen atoms in total. The Morgan fingerprint density at radius 3 is 0.592 bits per heavy atom. The third-order valence-electron chi connectivity index (χ3n) is 12.7. The number of hydrogen-bond donors (Lipinski definition) is 0. The van der Waals surface area contributed by atoms with Crippen LogP contribution in [0.5, 0.6) is 0 Å². The predicted molar refractivity (Wildman–Crippen MR) is 338 cm³/mol. The van der Waals surface area contributed by atoms with Gasteiger partial charge in [0, 0.05) is 78.6 Å². The van der Waals surface area contributed by atoms with E-state index in [4.69, 9.17) is 30.6 Å². The minimum Gasteiger partial charge on any atom is -0.546 e. The molecule has 34 heteroatoms. The van der Waals surface area contributed by atoms with Gasteiger partial charge < -0.3 is 89.8 Å². The molecule has 0 aliphatic heterocycles. The van der Waals surface area contributed by atoms with E-state index in [9.17, 15) is 58.8 Å². The molecule has 0 radical (unpaired) electrons. The van der Waals surface area contributed by atoms with E-state index >= 15 is 0 Å². The molecule has 0 aliphatic carbocycles. The molecule has 4 aromatic heterocycles. The summed E-state index contributed by atoms with van der Waals surface area (Å²) >= 11 is 0. The van der Waals surface area contributed by atoms with E-state index in [1.54, 1.807) is 125 Å². The number of carbonyl (C=O) groups is 8. The molecule has 0 unspecified atom stereocenters. The SMILES string of the molecule is CN(C)C=O.CN(C)C=O.CN(C)C=O.CN(C)C=O.O=C([O-])Cn1cc[n+](Cc2c3ccccc3c(C[n+]3ccn(CC(=O)[O-])c3)c3ccccc23)c1.O=C([O-])Cn1cc[n+](Cc2c3ccccc3c(C[n+]3ccn(CC(=O)[O-])c3)c3ccccc23)c1.O=[N+]([O-])[O-].O=[N+]([O-])[O-].[Cu+].[Cu+]. The Morgan fingerprint density at radius 1 is 0.347 bits per heavy atom. The van der Waals surface area contributed by atoms with Crippen LogP contribution in [0.3, 0.4) is 0 Å². The molecule has 10 rings (SSSR count). The number of carboxylic acid groups (broad SMARTS) is 4. The topological polar surface area (TPSA) is 409 Å². The van der Waals surface area contributed by atoms with Crippen LogP contribution in [0.1, 0.15) is 22.3 Å². The standard InChI is InChI=1S/2C26H22N4O4.4C3H7NO.2Cu.2NO3/c2*31-25(32)15-29-11-9-27(17-29)13-23-19-5-1-2-6-20(19)24(22-8-4-3-7-21(22)23)14-28-10-12-30(18-28)16-26(33)34;4*1-4(2)3-5;;;2*2-1(3)4/h2*1-12,17-18H,13-16H2;4*3H,1-2H3;;;;/q;;;;;;2*+1;2*-1. The van der Waals surface area contributed by atoms with Crippen molar-refractivity contribution in [1.82, 2.24) is 37.9 Å². The molecular formula is C64H72Cu2N14O18. The van der Waals surface area contributed by atoms with E-state index < -0.39 is 34.1 Å². The van der Waals surface area contributed by atoms with Crippen molar-refractivity contribution in [2.45, 2.75) is 52.4 Å². The van der Waals surface area contributed by atoms with Gasteiger partial charge in [-0.1, -0.05) is 97.1 Å². The van der Waals surface area contributed by atoms with Gasteiger partial charge in [0.25, 0.3) is 0 Å². The number of hydrogen-bond acceptors (Lipinski definition) is 18. The van der Waals surface area contributed by atoms with Crippen LogP contribution < -0.4 is 38.7 Å². The minimum absolute atomic E-state index is 0. The van der Waals surface area contributed by atoms with Gasteiger partial charge in [-0.15, -0.1) is 0 Å². The van der Waals surface area contributed by atoms with Crippen molar-refractivity contribution in [3.05, 3.63) is 225 Å². The van der Waals surface area contributed by atoms with Gasteiger partial charge in [-0.25, -0.2) is 36.5 Å². The van der Waals surface area contributed by atoms with E-state index in [2.05, 4.69) is 48.5 Å². The molecule has 0 bridgehead atoms. The summed E-state index contributed by atoms with van der Waals surface area (Å²) in [5.74, 6) is -4.52. The van der Waals surface area contributed by atoms with Gasteiger partial charge in [0.05, 0.1) is 34.1 Å². The second-order valence-corrected chi connectivity index (χ2v) is 21.3. The van der Waals surface area contributed by atoms with Crippen LogP contribution in [0, 0.1) is 30.6 Å². The van der Waals surface area contributed by atoms with Crippen molar-refractivity contribution in [2.24, 2.45) is 0 Å². The van der Waals surface area contributed by atoms with Gasteiger partial charge in [0.2, 0.25) is 50.9 Å². The smallest absolute Gasteiger partial charge is 0.546 e. The fourth-order valence-corrected chi connectivity index (χ4v) is 9.13. The summed E-state index contributed by atoms with van der Waals surface area (Å²) in [6.45, 7) is 1.55. The number of amides is 4. The second kappa shape index (κ2) is 43.4. The first-order chi connectivity index (χ1) is 45.5. The Kier molecular flexibility index (Phi) is 37.4. The number of imidazole rings is 4. The number of rotatable bonds is 20. The number of aromatic nitrogens is 8. The van der Waals surface area contributed by atoms with E-state index in [0.29, 0.717) is 26.2 Å². The van der Waals surface area contributed by atoms with Gasteiger partial charge in [-0.3, -0.25) is 19.2 Å². The summed E-state index contributed by atoms with van der Waals surface area (Å²) < 4.78 is 14.2. The Labute approximate surface area is 582 Å². The summed E-state index contributed by atoms with van der Waals surface area (Å²) in [5.41, 5.74) is 4.58. The fraction of sp³-hybridized carbons (Fsp3) is 0.250. The molecule has 0 fully saturated rings. The zero-order valence-corrected chi connectivity index (χ0v) is 56.2. The number of nitrogens with zero attached hydrogens (tertiary/aromatic N) is 14. The van der Waals surface area contributed by atoms with Crippen molar-refractivity contribution >= 4 is 92.6 Å². The molecule has 98 heavy (non-hydrogen) atoms. The molecule has 0 N–H and O–H groups in total. The monoisotopic (exact) mass is 1450 g/mol. The van der Waals surface area contributed by atoms with Crippen LogP contribution in [-0.2, 0) is 125 Å². The van der Waals surface area contributed by atoms with Gasteiger partial charge in [-0.05, 0) is 43.1 Å². The minimum atomic E-state index is -1.75. The molecule has 4 amide bonds. The molecule has 0 saturated heterocycles. The molecule has 10 aromatic rings. The van der Waals surface area contributed by atoms with Crippen molar-refractivity contribution in [1.29, 1.82) is 0 Å². The first-order valence-electron chi connectivity index (χ1n) is 28.4. The quantitative estimate of drug-likeness (QED) is 0.0196. The van der Waals surface area contributed by atoms with E-state index in [0.717, 1.165) is 91.0 Å². The van der Waals surface area contributed by atoms with E-state index in [1.165, 1.54) is 19.6 Å². The molecule has 4 heterocycles. The first kappa shape index (κ1) is 84.4. The zero-order valence-electron chi connectivity index (χ0n) is 54.3. The summed E-state index contributed by atoms with van der Waals surface area (Å²) in [5, 5.41) is 82.2. The molecule has 0 saturated carbocycles. The predicted octanol–water partition coefficient (Wildman–Crippen LogP) is -2.13. The van der Waals surface area contributed by atoms with Crippen LogP contribution >= 0.6 is 0 Å². The maximum Gasteiger partial charge on any atom is 1.00 e. The summed E-state index contributed by atoms with van der Waals surface area (Å²) in [6, 6.07) is 32.9. The summed E-state index contributed by atoms with van der Waals surface area (Å²) in [6.07, 6.45) is 24.4.